The first-order chi connectivity index (χ1) is 9.17. The van der Waals surface area contributed by atoms with Gasteiger partial charge in [0.05, 0.1) is 6.54 Å². The van der Waals surface area contributed by atoms with E-state index in [0.29, 0.717) is 11.7 Å². The van der Waals surface area contributed by atoms with Crippen LogP contribution in [-0.4, -0.2) is 52.4 Å². The first kappa shape index (κ1) is 14.4. The van der Waals surface area contributed by atoms with Crippen LogP contribution < -0.4 is 5.32 Å². The van der Waals surface area contributed by atoms with Gasteiger partial charge in [0.15, 0.2) is 0 Å². The van der Waals surface area contributed by atoms with E-state index in [1.54, 1.807) is 5.51 Å². The number of carbonyl (C=O) groups is 1. The topological polar surface area (TPSA) is 78.4 Å². The van der Waals surface area contributed by atoms with E-state index in [2.05, 4.69) is 27.3 Å². The van der Waals surface area contributed by atoms with Gasteiger partial charge in [-0.05, 0) is 37.8 Å². The van der Waals surface area contributed by atoms with E-state index in [1.807, 2.05) is 0 Å². The quantitative estimate of drug-likeness (QED) is 0.842. The number of nitrogens with zero attached hydrogens (tertiary/aromatic N) is 3. The molecule has 0 bridgehead atoms. The highest BCUT2D eigenvalue weighted by molar-refractivity contribution is 7.13. The molecular weight excluding hydrogens is 264 g/mol. The third-order valence-electron chi connectivity index (χ3n) is 3.98. The van der Waals surface area contributed by atoms with Crippen LogP contribution in [0.15, 0.2) is 5.51 Å². The first-order valence-electron chi connectivity index (χ1n) is 6.57. The van der Waals surface area contributed by atoms with Gasteiger partial charge >= 0.3 is 0 Å². The van der Waals surface area contributed by atoms with Crippen molar-refractivity contribution in [2.75, 3.05) is 31.6 Å². The van der Waals surface area contributed by atoms with Gasteiger partial charge in [0.1, 0.15) is 5.51 Å². The van der Waals surface area contributed by atoms with Crippen molar-refractivity contribution >= 4 is 22.4 Å². The fourth-order valence-electron chi connectivity index (χ4n) is 2.40. The maximum atomic E-state index is 11.8. The van der Waals surface area contributed by atoms with Gasteiger partial charge in [-0.2, -0.15) is 0 Å². The van der Waals surface area contributed by atoms with E-state index < -0.39 is 0 Å². The number of nitrogens with one attached hydrogen (secondary N) is 1. The summed E-state index contributed by atoms with van der Waals surface area (Å²) in [5.41, 5.74) is 1.65. The molecule has 1 aliphatic rings. The monoisotopic (exact) mass is 284 g/mol. The van der Waals surface area contributed by atoms with Crippen LogP contribution in [0.3, 0.4) is 0 Å². The molecule has 2 heterocycles. The summed E-state index contributed by atoms with van der Waals surface area (Å²) >= 11 is 1.31. The van der Waals surface area contributed by atoms with Crippen molar-refractivity contribution in [2.45, 2.75) is 26.2 Å². The number of anilines is 1. The molecule has 1 amide bonds. The van der Waals surface area contributed by atoms with Crippen LogP contribution in [0.1, 0.15) is 26.2 Å². The lowest BCUT2D eigenvalue weighted by molar-refractivity contribution is -0.118. The number of carbonyl (C=O) groups excluding carboxylic acids is 1. The fourth-order valence-corrected chi connectivity index (χ4v) is 2.86. The maximum Gasteiger partial charge on any atom is 0.240 e. The number of aliphatic hydroxyl groups is 1. The molecule has 0 aromatic carbocycles. The van der Waals surface area contributed by atoms with Gasteiger partial charge in [0, 0.05) is 6.61 Å². The predicted octanol–water partition coefficient (Wildman–Crippen LogP) is 0.961. The molecule has 7 heteroatoms. The fraction of sp³-hybridized carbons (Fsp3) is 0.750. The molecule has 0 unspecified atom stereocenters. The van der Waals surface area contributed by atoms with Gasteiger partial charge in [-0.25, -0.2) is 0 Å². The summed E-state index contributed by atoms with van der Waals surface area (Å²) in [6.07, 6.45) is 2.90. The average molecular weight is 284 g/mol. The second-order valence-electron chi connectivity index (χ2n) is 5.08. The molecule has 2 rings (SSSR count). The van der Waals surface area contributed by atoms with Gasteiger partial charge in [-0.1, -0.05) is 18.3 Å². The van der Waals surface area contributed by atoms with Crippen LogP contribution in [0.25, 0.3) is 0 Å². The molecule has 19 heavy (non-hydrogen) atoms. The Morgan fingerprint density at radius 2 is 2.32 bits per heavy atom. The van der Waals surface area contributed by atoms with Crippen LogP contribution >= 0.6 is 11.3 Å². The Morgan fingerprint density at radius 1 is 1.58 bits per heavy atom. The van der Waals surface area contributed by atoms with Crippen molar-refractivity contribution in [3.05, 3.63) is 5.51 Å². The molecule has 0 aliphatic carbocycles. The highest BCUT2D eigenvalue weighted by atomic mass is 32.1. The molecule has 1 aliphatic heterocycles. The van der Waals surface area contributed by atoms with Crippen LogP contribution in [0.5, 0.6) is 0 Å². The molecule has 1 aromatic rings. The second-order valence-corrected chi connectivity index (χ2v) is 5.91. The summed E-state index contributed by atoms with van der Waals surface area (Å²) < 4.78 is 0. The lowest BCUT2D eigenvalue weighted by Crippen LogP contribution is -2.44. The van der Waals surface area contributed by atoms with E-state index in [4.69, 9.17) is 0 Å². The van der Waals surface area contributed by atoms with Crippen molar-refractivity contribution in [1.82, 2.24) is 15.1 Å². The number of rotatable bonds is 5. The van der Waals surface area contributed by atoms with E-state index in [9.17, 15) is 9.90 Å². The van der Waals surface area contributed by atoms with E-state index in [0.717, 1.165) is 32.4 Å². The Labute approximate surface area is 116 Å². The van der Waals surface area contributed by atoms with Crippen molar-refractivity contribution in [2.24, 2.45) is 5.41 Å². The minimum atomic E-state index is -0.0512. The molecular formula is C12H20N4O2S. The largest absolute Gasteiger partial charge is 0.396 e. The maximum absolute atomic E-state index is 11.8. The number of piperidine rings is 1. The minimum absolute atomic E-state index is 0.0512. The highest BCUT2D eigenvalue weighted by Crippen LogP contribution is 2.33. The van der Waals surface area contributed by atoms with Gasteiger partial charge in [0.25, 0.3) is 0 Å². The van der Waals surface area contributed by atoms with Gasteiger partial charge in [0.2, 0.25) is 11.0 Å². The summed E-state index contributed by atoms with van der Waals surface area (Å²) in [5, 5.41) is 20.2. The van der Waals surface area contributed by atoms with Crippen molar-refractivity contribution in [3.63, 3.8) is 0 Å². The number of aromatic nitrogens is 2. The van der Waals surface area contributed by atoms with Crippen LogP contribution in [-0.2, 0) is 4.79 Å². The lowest BCUT2D eigenvalue weighted by atomic mass is 9.77. The lowest BCUT2D eigenvalue weighted by Gasteiger charge is -2.39. The zero-order valence-corrected chi connectivity index (χ0v) is 11.9. The Hall–Kier alpha value is -1.05. The number of amides is 1. The average Bonchev–Trinajstić information content (AvgIpc) is 2.93. The molecule has 1 saturated heterocycles. The molecule has 0 saturated carbocycles. The Kier molecular flexibility index (Phi) is 4.84. The third-order valence-corrected chi connectivity index (χ3v) is 4.58. The third kappa shape index (κ3) is 3.71. The Morgan fingerprint density at radius 3 is 2.84 bits per heavy atom. The summed E-state index contributed by atoms with van der Waals surface area (Å²) in [5.74, 6) is -0.0512. The molecule has 106 valence electrons. The number of likely N-dealkylation sites (tertiary alicyclic amines) is 1. The molecule has 2 N–H and O–H groups in total. The van der Waals surface area contributed by atoms with E-state index >= 15 is 0 Å². The van der Waals surface area contributed by atoms with E-state index in [-0.39, 0.29) is 17.9 Å². The van der Waals surface area contributed by atoms with Crippen LogP contribution in [0.4, 0.5) is 5.13 Å². The molecule has 1 fully saturated rings. The van der Waals surface area contributed by atoms with Crippen molar-refractivity contribution in [1.29, 1.82) is 0 Å². The van der Waals surface area contributed by atoms with Crippen LogP contribution in [0.2, 0.25) is 0 Å². The normalized spacial score (nSPS) is 19.3. The Balaban J connectivity index is 1.77. The summed E-state index contributed by atoms with van der Waals surface area (Å²) in [6, 6.07) is 0. The van der Waals surface area contributed by atoms with Crippen molar-refractivity contribution in [3.8, 4) is 0 Å². The molecule has 0 radical (unpaired) electrons. The van der Waals surface area contributed by atoms with Gasteiger partial charge in [-0.3, -0.25) is 15.0 Å². The second kappa shape index (κ2) is 6.40. The van der Waals surface area contributed by atoms with Crippen molar-refractivity contribution < 1.29 is 9.90 Å². The zero-order chi connectivity index (χ0) is 13.7. The van der Waals surface area contributed by atoms with Gasteiger partial charge < -0.3 is 5.11 Å². The number of hydrogen-bond donors (Lipinski definition) is 2. The van der Waals surface area contributed by atoms with Crippen LogP contribution in [0, 0.1) is 5.41 Å². The molecule has 1 aromatic heterocycles. The summed E-state index contributed by atoms with van der Waals surface area (Å²) in [4.78, 5) is 13.9. The summed E-state index contributed by atoms with van der Waals surface area (Å²) in [7, 11) is 0. The molecule has 0 spiro atoms. The van der Waals surface area contributed by atoms with Gasteiger partial charge in [-0.15, -0.1) is 10.2 Å². The highest BCUT2D eigenvalue weighted by Gasteiger charge is 2.32. The zero-order valence-electron chi connectivity index (χ0n) is 11.1. The number of aliphatic hydroxyl groups excluding tert-OH is 1. The predicted molar refractivity (Wildman–Crippen MR) is 74.0 cm³/mol. The SMILES string of the molecule is CCC1(CO)CCN(CC(=O)Nc2nncs2)CC1. The summed E-state index contributed by atoms with van der Waals surface area (Å²) in [6.45, 7) is 4.46. The Bertz CT molecular complexity index is 396. The first-order valence-corrected chi connectivity index (χ1v) is 7.45. The minimum Gasteiger partial charge on any atom is -0.396 e. The number of hydrogen-bond acceptors (Lipinski definition) is 6. The standard InChI is InChI=1S/C12H20N4O2S/c1-2-12(8-17)3-5-16(6-4-12)7-10(18)14-11-15-13-9-19-11/h9,17H,2-8H2,1H3,(H,14,15,18). The van der Waals surface area contributed by atoms with E-state index in [1.165, 1.54) is 11.3 Å². The smallest absolute Gasteiger partial charge is 0.240 e. The molecule has 0 atom stereocenters. The molecule has 6 nitrogen and oxygen atoms in total.